The molecule has 0 atom stereocenters. The lowest BCUT2D eigenvalue weighted by molar-refractivity contribution is -0.116. The number of hydrogen-bond donors (Lipinski definition) is 1. The minimum absolute atomic E-state index is 0.0376. The van der Waals surface area contributed by atoms with Crippen molar-refractivity contribution in [3.05, 3.63) is 59.0 Å². The third kappa shape index (κ3) is 5.34. The number of nitrogens with zero attached hydrogens (tertiary/aromatic N) is 2. The molecule has 5 nitrogen and oxygen atoms in total. The number of aromatic nitrogens is 2. The van der Waals surface area contributed by atoms with E-state index in [0.717, 1.165) is 79.1 Å². The molecule has 0 spiro atoms. The smallest absolute Gasteiger partial charge is 0.225 e. The zero-order valence-corrected chi connectivity index (χ0v) is 19.8. The molecule has 2 aliphatic carbocycles. The molecule has 2 aliphatic rings. The summed E-state index contributed by atoms with van der Waals surface area (Å²) in [6, 6.07) is 6.03. The lowest BCUT2D eigenvalue weighted by Gasteiger charge is -2.26. The van der Waals surface area contributed by atoms with Gasteiger partial charge in [0, 0.05) is 17.9 Å². The molecule has 1 saturated carbocycles. The van der Waals surface area contributed by atoms with Gasteiger partial charge in [-0.05, 0) is 74.9 Å². The van der Waals surface area contributed by atoms with Crippen LogP contribution < -0.4 is 10.1 Å². The number of ether oxygens (including phenoxy) is 1. The fourth-order valence-electron chi connectivity index (χ4n) is 4.77. The molecular formula is C27H31F2N3O2. The first-order chi connectivity index (χ1) is 16.5. The van der Waals surface area contributed by atoms with Gasteiger partial charge in [-0.2, -0.15) is 0 Å². The molecule has 7 heteroatoms. The molecule has 4 rings (SSSR count). The van der Waals surface area contributed by atoms with Crippen molar-refractivity contribution in [2.24, 2.45) is 0 Å². The average molecular weight is 468 g/mol. The molecule has 1 N–H and O–H groups in total. The Labute approximate surface area is 199 Å². The lowest BCUT2D eigenvalue weighted by Crippen LogP contribution is -2.20. The van der Waals surface area contributed by atoms with Crippen LogP contribution in [0, 0.1) is 0 Å². The van der Waals surface area contributed by atoms with Crippen molar-refractivity contribution in [1.82, 2.24) is 9.97 Å². The number of carbonyl (C=O) groups is 1. The van der Waals surface area contributed by atoms with Crippen LogP contribution in [0.1, 0.15) is 74.7 Å². The quantitative estimate of drug-likeness (QED) is 0.458. The molecule has 0 unspecified atom stereocenters. The Kier molecular flexibility index (Phi) is 7.70. The van der Waals surface area contributed by atoms with Gasteiger partial charge in [0.2, 0.25) is 5.91 Å². The molecule has 34 heavy (non-hydrogen) atoms. The minimum atomic E-state index is -0.943. The number of nitrogens with one attached hydrogen (secondary N) is 1. The van der Waals surface area contributed by atoms with Crippen molar-refractivity contribution >= 4 is 11.7 Å². The number of benzene rings is 1. The number of hydrogen-bond acceptors (Lipinski definition) is 4. The molecule has 0 saturated heterocycles. The predicted molar refractivity (Wildman–Crippen MR) is 129 cm³/mol. The Balaban J connectivity index is 1.61. The highest BCUT2D eigenvalue weighted by Crippen LogP contribution is 2.39. The second-order valence-electron chi connectivity index (χ2n) is 8.89. The number of carbonyl (C=O) groups excluding carboxylic acids is 1. The summed E-state index contributed by atoms with van der Waals surface area (Å²) in [6.45, 7) is 1.42. The van der Waals surface area contributed by atoms with Gasteiger partial charge in [-0.3, -0.25) is 4.79 Å². The number of halogens is 2. The standard InChI is InChI=1S/C27H31F2N3O2/c1-3-21(28)22(29)10-7-11-24(33)31-27-25(17-8-5-4-6-9-17)32-26-20-14-13-19(34-2)16-18(20)12-15-23(26)30-27/h3,10,13-14,16-17H,4-9,11-12,15H2,1-2H3,(H,30,31,33)/b21-3+,22-10+. The summed E-state index contributed by atoms with van der Waals surface area (Å²) < 4.78 is 32.2. The molecule has 1 aromatic heterocycles. The van der Waals surface area contributed by atoms with Crippen molar-refractivity contribution in [3.8, 4) is 17.0 Å². The van der Waals surface area contributed by atoms with Gasteiger partial charge in [-0.1, -0.05) is 19.3 Å². The Hall–Kier alpha value is -3.09. The first kappa shape index (κ1) is 24.0. The number of anilines is 1. The summed E-state index contributed by atoms with van der Waals surface area (Å²) in [5.41, 5.74) is 4.84. The summed E-state index contributed by atoms with van der Waals surface area (Å²) in [4.78, 5) is 22.6. The van der Waals surface area contributed by atoms with Crippen LogP contribution in [0.15, 0.2) is 42.0 Å². The van der Waals surface area contributed by atoms with Crippen LogP contribution in [0.5, 0.6) is 5.75 Å². The normalized spacial score (nSPS) is 16.6. The summed E-state index contributed by atoms with van der Waals surface area (Å²) in [7, 11) is 1.66. The van der Waals surface area contributed by atoms with Gasteiger partial charge in [0.15, 0.2) is 17.5 Å². The zero-order chi connectivity index (χ0) is 24.1. The van der Waals surface area contributed by atoms with Crippen LogP contribution in [0.2, 0.25) is 0 Å². The fourth-order valence-corrected chi connectivity index (χ4v) is 4.77. The third-order valence-corrected chi connectivity index (χ3v) is 6.62. The van der Waals surface area contributed by atoms with E-state index >= 15 is 0 Å². The Morgan fingerprint density at radius 2 is 1.94 bits per heavy atom. The van der Waals surface area contributed by atoms with Crippen LogP contribution in [0.3, 0.4) is 0 Å². The van der Waals surface area contributed by atoms with Gasteiger partial charge in [0.05, 0.1) is 24.2 Å². The van der Waals surface area contributed by atoms with Crippen molar-refractivity contribution in [3.63, 3.8) is 0 Å². The van der Waals surface area contributed by atoms with Crippen LogP contribution >= 0.6 is 0 Å². The second-order valence-corrected chi connectivity index (χ2v) is 8.89. The van der Waals surface area contributed by atoms with E-state index in [0.29, 0.717) is 5.82 Å². The molecule has 1 fully saturated rings. The van der Waals surface area contributed by atoms with Gasteiger partial charge >= 0.3 is 0 Å². The van der Waals surface area contributed by atoms with E-state index in [2.05, 4.69) is 11.4 Å². The average Bonchev–Trinajstić information content (AvgIpc) is 2.87. The van der Waals surface area contributed by atoms with E-state index in [-0.39, 0.29) is 24.7 Å². The second kappa shape index (κ2) is 10.9. The van der Waals surface area contributed by atoms with E-state index in [1.807, 2.05) is 12.1 Å². The Bertz CT molecular complexity index is 1120. The highest BCUT2D eigenvalue weighted by molar-refractivity contribution is 5.90. The van der Waals surface area contributed by atoms with Crippen LogP contribution in [-0.4, -0.2) is 23.0 Å². The third-order valence-electron chi connectivity index (χ3n) is 6.62. The predicted octanol–water partition coefficient (Wildman–Crippen LogP) is 6.74. The molecule has 1 aromatic carbocycles. The molecule has 0 bridgehead atoms. The molecule has 2 aromatic rings. The van der Waals surface area contributed by atoms with E-state index in [1.165, 1.54) is 18.9 Å². The minimum Gasteiger partial charge on any atom is -0.497 e. The Morgan fingerprint density at radius 3 is 2.68 bits per heavy atom. The number of aryl methyl sites for hydroxylation is 2. The molecule has 1 heterocycles. The van der Waals surface area contributed by atoms with Crippen molar-refractivity contribution in [2.45, 2.75) is 70.6 Å². The Morgan fingerprint density at radius 1 is 1.15 bits per heavy atom. The number of rotatable bonds is 7. The van der Waals surface area contributed by atoms with Gasteiger partial charge < -0.3 is 10.1 Å². The number of amides is 1. The summed E-state index contributed by atoms with van der Waals surface area (Å²) in [5.74, 6) is -0.563. The zero-order valence-electron chi connectivity index (χ0n) is 19.8. The summed E-state index contributed by atoms with van der Waals surface area (Å²) in [5, 5.41) is 2.92. The van der Waals surface area contributed by atoms with Gasteiger partial charge in [0.1, 0.15) is 5.75 Å². The number of methoxy groups -OCH3 is 1. The SMILES string of the molecule is C/C=C(F)\C(F)=C/CCC(=O)Nc1nc2c(nc1C1CCCCC1)-c1ccc(OC)cc1CC2. The highest BCUT2D eigenvalue weighted by atomic mass is 19.2. The lowest BCUT2D eigenvalue weighted by atomic mass is 9.85. The van der Waals surface area contributed by atoms with Gasteiger partial charge in [-0.15, -0.1) is 0 Å². The first-order valence-electron chi connectivity index (χ1n) is 12.1. The topological polar surface area (TPSA) is 64.1 Å². The molecule has 180 valence electrons. The van der Waals surface area contributed by atoms with Crippen LogP contribution in [0.25, 0.3) is 11.3 Å². The van der Waals surface area contributed by atoms with Gasteiger partial charge in [-0.25, -0.2) is 18.7 Å². The highest BCUT2D eigenvalue weighted by Gasteiger charge is 2.27. The van der Waals surface area contributed by atoms with E-state index in [1.54, 1.807) is 7.11 Å². The molecule has 0 radical (unpaired) electrons. The summed E-state index contributed by atoms with van der Waals surface area (Å²) >= 11 is 0. The molecule has 0 aliphatic heterocycles. The van der Waals surface area contributed by atoms with E-state index in [4.69, 9.17) is 14.7 Å². The molecule has 1 amide bonds. The van der Waals surface area contributed by atoms with Crippen molar-refractivity contribution < 1.29 is 18.3 Å². The first-order valence-corrected chi connectivity index (χ1v) is 12.1. The van der Waals surface area contributed by atoms with Crippen molar-refractivity contribution in [2.75, 3.05) is 12.4 Å². The maximum atomic E-state index is 13.6. The number of fused-ring (bicyclic) bond motifs is 3. The van der Waals surface area contributed by atoms with Gasteiger partial charge in [0.25, 0.3) is 0 Å². The van der Waals surface area contributed by atoms with Crippen LogP contribution in [-0.2, 0) is 17.6 Å². The van der Waals surface area contributed by atoms with E-state index in [9.17, 15) is 13.6 Å². The maximum absolute atomic E-state index is 13.6. The summed E-state index contributed by atoms with van der Waals surface area (Å²) in [6.07, 6.45) is 9.35. The molecular weight excluding hydrogens is 436 g/mol. The van der Waals surface area contributed by atoms with E-state index < -0.39 is 11.7 Å². The fraction of sp³-hybridized carbons (Fsp3) is 0.444. The monoisotopic (exact) mass is 467 g/mol. The largest absolute Gasteiger partial charge is 0.497 e. The number of allylic oxidation sites excluding steroid dienone is 4. The van der Waals surface area contributed by atoms with Crippen molar-refractivity contribution in [1.29, 1.82) is 0 Å². The van der Waals surface area contributed by atoms with Crippen LogP contribution in [0.4, 0.5) is 14.6 Å². The maximum Gasteiger partial charge on any atom is 0.225 e.